The number of nitrogens with two attached hydrogens (primary N) is 1. The molecular formula is C29H47Br2N5O4. The number of nitrogen functional groups attached to an aromatic ring is 1. The van der Waals surface area contributed by atoms with E-state index in [9.17, 15) is 0 Å². The zero-order chi connectivity index (χ0) is 30.2. The number of pyridine rings is 2. The van der Waals surface area contributed by atoms with Crippen molar-refractivity contribution in [2.45, 2.75) is 86.5 Å². The Balaban J connectivity index is 0.000000418. The van der Waals surface area contributed by atoms with Gasteiger partial charge in [-0.15, -0.1) is 0 Å². The molecule has 2 heterocycles. The Kier molecular flexibility index (Phi) is 17.3. The van der Waals surface area contributed by atoms with Gasteiger partial charge in [-0.05, 0) is 98.4 Å². The maximum atomic E-state index is 5.85. The van der Waals surface area contributed by atoms with Crippen LogP contribution in [0.2, 0.25) is 0 Å². The summed E-state index contributed by atoms with van der Waals surface area (Å²) in [6.07, 6.45) is 3.75. The summed E-state index contributed by atoms with van der Waals surface area (Å²) < 4.78 is 24.0. The molecule has 0 fully saturated rings. The van der Waals surface area contributed by atoms with Crippen LogP contribution in [-0.4, -0.2) is 72.9 Å². The van der Waals surface area contributed by atoms with E-state index in [0.29, 0.717) is 36.7 Å². The van der Waals surface area contributed by atoms with Gasteiger partial charge in [-0.1, -0.05) is 13.8 Å². The SMILES string of the molecule is CCCOCC(C)Oc1nc(C)c(N)cc1Br.CCCOCC(C)Oc1nc(C)c(N=CN(C)C(C)C)cc1Br. The zero-order valence-corrected chi connectivity index (χ0v) is 28.6. The number of hydrogen-bond donors (Lipinski definition) is 1. The fraction of sp³-hybridized carbons (Fsp3) is 0.621. The Morgan fingerprint density at radius 1 is 0.875 bits per heavy atom. The van der Waals surface area contributed by atoms with Crippen molar-refractivity contribution in [3.63, 3.8) is 0 Å². The fourth-order valence-electron chi connectivity index (χ4n) is 2.94. The molecule has 11 heteroatoms. The first-order valence-corrected chi connectivity index (χ1v) is 15.3. The normalized spacial score (nSPS) is 12.7. The first-order chi connectivity index (χ1) is 18.9. The first-order valence-electron chi connectivity index (χ1n) is 13.7. The molecule has 2 atom stereocenters. The molecule has 0 bridgehead atoms. The monoisotopic (exact) mass is 687 g/mol. The van der Waals surface area contributed by atoms with Crippen molar-refractivity contribution < 1.29 is 18.9 Å². The molecule has 2 unspecified atom stereocenters. The molecule has 40 heavy (non-hydrogen) atoms. The lowest BCUT2D eigenvalue weighted by Crippen LogP contribution is -2.24. The van der Waals surface area contributed by atoms with E-state index in [1.54, 1.807) is 6.07 Å². The van der Waals surface area contributed by atoms with E-state index < -0.39 is 0 Å². The van der Waals surface area contributed by atoms with Crippen molar-refractivity contribution in [2.24, 2.45) is 4.99 Å². The van der Waals surface area contributed by atoms with Crippen molar-refractivity contribution in [3.8, 4) is 11.8 Å². The largest absolute Gasteiger partial charge is 0.471 e. The van der Waals surface area contributed by atoms with Crippen LogP contribution in [0.3, 0.4) is 0 Å². The first kappa shape index (κ1) is 36.1. The zero-order valence-electron chi connectivity index (χ0n) is 25.5. The second kappa shape index (κ2) is 19.2. The highest BCUT2D eigenvalue weighted by Crippen LogP contribution is 2.30. The third kappa shape index (κ3) is 13.6. The van der Waals surface area contributed by atoms with Crippen LogP contribution in [0.25, 0.3) is 0 Å². The minimum Gasteiger partial charge on any atom is -0.471 e. The average molecular weight is 690 g/mol. The molecule has 2 aromatic heterocycles. The molecule has 0 aliphatic rings. The maximum absolute atomic E-state index is 5.85. The Hall–Kier alpha value is -1.95. The second-order valence-corrected chi connectivity index (χ2v) is 11.5. The summed E-state index contributed by atoms with van der Waals surface area (Å²) in [7, 11) is 2.00. The summed E-state index contributed by atoms with van der Waals surface area (Å²) >= 11 is 6.90. The Morgan fingerprint density at radius 3 is 1.82 bits per heavy atom. The van der Waals surface area contributed by atoms with Crippen LogP contribution in [-0.2, 0) is 9.47 Å². The van der Waals surface area contributed by atoms with Gasteiger partial charge in [0.25, 0.3) is 0 Å². The molecule has 226 valence electrons. The third-order valence-electron chi connectivity index (χ3n) is 5.50. The van der Waals surface area contributed by atoms with Crippen molar-refractivity contribution in [2.75, 3.05) is 39.2 Å². The fourth-order valence-corrected chi connectivity index (χ4v) is 3.77. The van der Waals surface area contributed by atoms with Crippen LogP contribution in [0.1, 0.15) is 65.8 Å². The molecule has 2 rings (SSSR count). The predicted molar refractivity (Wildman–Crippen MR) is 171 cm³/mol. The highest BCUT2D eigenvalue weighted by Gasteiger charge is 2.13. The summed E-state index contributed by atoms with van der Waals surface area (Å²) in [6, 6.07) is 4.14. The highest BCUT2D eigenvalue weighted by molar-refractivity contribution is 9.10. The number of hydrogen-bond acceptors (Lipinski definition) is 8. The van der Waals surface area contributed by atoms with Gasteiger partial charge in [0.1, 0.15) is 12.2 Å². The lowest BCUT2D eigenvalue weighted by molar-refractivity contribution is 0.0563. The average Bonchev–Trinajstić information content (AvgIpc) is 2.88. The number of aliphatic imine (C=N–C) groups is 1. The van der Waals surface area contributed by atoms with Crippen molar-refractivity contribution >= 4 is 49.6 Å². The molecule has 9 nitrogen and oxygen atoms in total. The molecule has 0 aliphatic heterocycles. The van der Waals surface area contributed by atoms with Gasteiger partial charge < -0.3 is 29.6 Å². The number of rotatable bonds is 15. The number of aromatic nitrogens is 2. The second-order valence-electron chi connectivity index (χ2n) is 9.84. The summed E-state index contributed by atoms with van der Waals surface area (Å²) in [4.78, 5) is 15.3. The van der Waals surface area contributed by atoms with Gasteiger partial charge in [0.2, 0.25) is 11.8 Å². The molecule has 0 aliphatic carbocycles. The summed E-state index contributed by atoms with van der Waals surface area (Å²) in [5.41, 5.74) is 8.82. The van der Waals surface area contributed by atoms with E-state index in [1.165, 1.54) is 0 Å². The third-order valence-corrected chi connectivity index (χ3v) is 6.64. The number of nitrogens with zero attached hydrogens (tertiary/aromatic N) is 4. The van der Waals surface area contributed by atoms with Crippen LogP contribution in [0, 0.1) is 13.8 Å². The molecule has 0 aromatic carbocycles. The molecule has 0 spiro atoms. The minimum absolute atomic E-state index is 0.0339. The summed E-state index contributed by atoms with van der Waals surface area (Å²) in [5, 5.41) is 0. The van der Waals surface area contributed by atoms with Crippen LogP contribution in [0.5, 0.6) is 11.8 Å². The van der Waals surface area contributed by atoms with E-state index in [0.717, 1.165) is 52.1 Å². The Bertz CT molecular complexity index is 1060. The van der Waals surface area contributed by atoms with Crippen LogP contribution >= 0.6 is 31.9 Å². The summed E-state index contributed by atoms with van der Waals surface area (Å²) in [6.45, 7) is 18.7. The molecule has 2 aromatic rings. The number of aryl methyl sites for hydroxylation is 2. The molecule has 2 N–H and O–H groups in total. The number of anilines is 1. The molecule has 0 amide bonds. The Morgan fingerprint density at radius 2 is 1.35 bits per heavy atom. The van der Waals surface area contributed by atoms with Gasteiger partial charge in [-0.3, -0.25) is 0 Å². The number of ether oxygens (including phenoxy) is 4. The van der Waals surface area contributed by atoms with Gasteiger partial charge in [0.05, 0.1) is 51.3 Å². The molecular weight excluding hydrogens is 642 g/mol. The van der Waals surface area contributed by atoms with E-state index in [4.69, 9.17) is 24.7 Å². The lowest BCUT2D eigenvalue weighted by Gasteiger charge is -2.18. The van der Waals surface area contributed by atoms with E-state index in [1.807, 2.05) is 52.0 Å². The van der Waals surface area contributed by atoms with Crippen molar-refractivity contribution in [1.82, 2.24) is 14.9 Å². The topological polar surface area (TPSA) is 104 Å². The van der Waals surface area contributed by atoms with Crippen molar-refractivity contribution in [1.29, 1.82) is 0 Å². The Labute approximate surface area is 257 Å². The van der Waals surface area contributed by atoms with Gasteiger partial charge >= 0.3 is 0 Å². The number of halogens is 2. The van der Waals surface area contributed by atoms with Gasteiger partial charge in [-0.25, -0.2) is 15.0 Å². The van der Waals surface area contributed by atoms with E-state index in [-0.39, 0.29) is 12.2 Å². The standard InChI is InChI=1S/C17H28BrN3O2.C12H19BrN2O2/c1-7-8-22-10-13(4)23-17-15(18)9-16(14(5)20-17)19-11-21(6)12(2)3;1-4-5-16-7-8(2)17-12-10(13)6-11(14)9(3)15-12/h9,11-13H,7-8,10H2,1-6H3;6,8H,4-5,7,14H2,1-3H3. The predicted octanol–water partition coefficient (Wildman–Crippen LogP) is 7.28. The van der Waals surface area contributed by atoms with Crippen molar-refractivity contribution in [3.05, 3.63) is 32.5 Å². The molecule has 0 saturated heterocycles. The van der Waals surface area contributed by atoms with E-state index in [2.05, 4.69) is 74.5 Å². The highest BCUT2D eigenvalue weighted by atomic mass is 79.9. The van der Waals surface area contributed by atoms with Gasteiger partial charge in [0.15, 0.2) is 0 Å². The van der Waals surface area contributed by atoms with Crippen LogP contribution < -0.4 is 15.2 Å². The molecule has 0 saturated carbocycles. The maximum Gasteiger partial charge on any atom is 0.228 e. The smallest absolute Gasteiger partial charge is 0.228 e. The quantitative estimate of drug-likeness (QED) is 0.118. The summed E-state index contributed by atoms with van der Waals surface area (Å²) in [5.74, 6) is 1.13. The van der Waals surface area contributed by atoms with Gasteiger partial charge in [-0.2, -0.15) is 0 Å². The van der Waals surface area contributed by atoms with Crippen LogP contribution in [0.4, 0.5) is 11.4 Å². The van der Waals surface area contributed by atoms with Gasteiger partial charge in [0, 0.05) is 26.3 Å². The van der Waals surface area contributed by atoms with E-state index >= 15 is 0 Å². The molecule has 0 radical (unpaired) electrons. The minimum atomic E-state index is -0.0498. The lowest BCUT2D eigenvalue weighted by atomic mass is 10.3. The van der Waals surface area contributed by atoms with Crippen LogP contribution in [0.15, 0.2) is 26.1 Å².